The number of hydrogen-bond acceptors (Lipinski definition) is 4. The summed E-state index contributed by atoms with van der Waals surface area (Å²) in [6.45, 7) is 3.98. The molecule has 0 amide bonds. The highest BCUT2D eigenvalue weighted by Crippen LogP contribution is 2.29. The molecule has 0 aliphatic heterocycles. The molecule has 1 aliphatic rings. The Kier molecular flexibility index (Phi) is 3.95. The molecule has 1 saturated carbocycles. The van der Waals surface area contributed by atoms with E-state index in [1.54, 1.807) is 11.3 Å². The van der Waals surface area contributed by atoms with Crippen LogP contribution in [0.5, 0.6) is 0 Å². The van der Waals surface area contributed by atoms with E-state index < -0.39 is 0 Å². The molecule has 0 unspecified atom stereocenters. The second-order valence-corrected chi connectivity index (χ2v) is 6.18. The van der Waals surface area contributed by atoms with E-state index in [0.717, 1.165) is 19.5 Å². The monoisotopic (exact) mass is 239 g/mol. The number of thiazole rings is 1. The second kappa shape index (κ2) is 5.25. The van der Waals surface area contributed by atoms with Crippen molar-refractivity contribution in [2.24, 2.45) is 5.73 Å². The van der Waals surface area contributed by atoms with Crippen molar-refractivity contribution >= 4 is 11.3 Å². The van der Waals surface area contributed by atoms with Crippen LogP contribution in [0, 0.1) is 6.92 Å². The van der Waals surface area contributed by atoms with Gasteiger partial charge in [0.05, 0.1) is 0 Å². The van der Waals surface area contributed by atoms with Gasteiger partial charge in [0.2, 0.25) is 0 Å². The van der Waals surface area contributed by atoms with E-state index in [1.807, 2.05) is 6.20 Å². The third-order valence-corrected chi connectivity index (χ3v) is 4.26. The fourth-order valence-corrected chi connectivity index (χ4v) is 3.10. The first kappa shape index (κ1) is 12.0. The smallest absolute Gasteiger partial charge is 0.107 e. The molecule has 1 aromatic rings. The van der Waals surface area contributed by atoms with Crippen molar-refractivity contribution in [3.63, 3.8) is 0 Å². The van der Waals surface area contributed by atoms with Crippen LogP contribution in [0.2, 0.25) is 0 Å². The Balaban J connectivity index is 1.65. The summed E-state index contributed by atoms with van der Waals surface area (Å²) in [6.07, 6.45) is 8.04. The number of hydrogen-bond donors (Lipinski definition) is 2. The number of aryl methyl sites for hydroxylation is 1. The largest absolute Gasteiger partial charge is 0.325 e. The van der Waals surface area contributed by atoms with Crippen molar-refractivity contribution in [3.05, 3.63) is 16.1 Å². The number of nitrogens with one attached hydrogen (secondary N) is 1. The molecule has 4 heteroatoms. The maximum Gasteiger partial charge on any atom is 0.107 e. The molecule has 1 fully saturated rings. The van der Waals surface area contributed by atoms with E-state index in [9.17, 15) is 0 Å². The second-order valence-electron chi connectivity index (χ2n) is 4.86. The van der Waals surface area contributed by atoms with Crippen LogP contribution in [0.15, 0.2) is 6.20 Å². The Morgan fingerprint density at radius 1 is 1.50 bits per heavy atom. The average Bonchev–Trinajstić information content (AvgIpc) is 2.84. The topological polar surface area (TPSA) is 50.9 Å². The van der Waals surface area contributed by atoms with Gasteiger partial charge < -0.3 is 11.1 Å². The van der Waals surface area contributed by atoms with Gasteiger partial charge in [-0.2, -0.15) is 0 Å². The minimum absolute atomic E-state index is 0.117. The summed E-state index contributed by atoms with van der Waals surface area (Å²) in [6, 6.07) is 0. The molecule has 90 valence electrons. The van der Waals surface area contributed by atoms with E-state index >= 15 is 0 Å². The molecule has 0 aromatic carbocycles. The van der Waals surface area contributed by atoms with Crippen LogP contribution in [-0.2, 0) is 6.54 Å². The summed E-state index contributed by atoms with van der Waals surface area (Å²) in [5.41, 5.74) is 6.41. The minimum atomic E-state index is 0.117. The molecule has 1 aromatic heterocycles. The molecule has 0 saturated heterocycles. The molecular formula is C12H21N3S. The van der Waals surface area contributed by atoms with Crippen LogP contribution in [-0.4, -0.2) is 17.1 Å². The molecule has 1 heterocycles. The molecular weight excluding hydrogens is 218 g/mol. The normalized spacial score (nSPS) is 19.1. The summed E-state index contributed by atoms with van der Waals surface area (Å²) in [7, 11) is 0. The van der Waals surface area contributed by atoms with E-state index in [4.69, 9.17) is 5.73 Å². The average molecular weight is 239 g/mol. The van der Waals surface area contributed by atoms with Crippen LogP contribution in [0.25, 0.3) is 0 Å². The van der Waals surface area contributed by atoms with Gasteiger partial charge in [0.25, 0.3) is 0 Å². The molecule has 0 bridgehead atoms. The zero-order valence-electron chi connectivity index (χ0n) is 9.96. The number of nitrogens with two attached hydrogens (primary N) is 1. The zero-order chi connectivity index (χ0) is 11.4. The van der Waals surface area contributed by atoms with Crippen LogP contribution in [0.4, 0.5) is 0 Å². The van der Waals surface area contributed by atoms with Gasteiger partial charge in [0.15, 0.2) is 0 Å². The van der Waals surface area contributed by atoms with Gasteiger partial charge in [-0.05, 0) is 32.7 Å². The van der Waals surface area contributed by atoms with Crippen molar-refractivity contribution in [2.45, 2.75) is 51.1 Å². The summed E-state index contributed by atoms with van der Waals surface area (Å²) >= 11 is 1.76. The molecule has 0 radical (unpaired) electrons. The van der Waals surface area contributed by atoms with Gasteiger partial charge in [0.1, 0.15) is 5.01 Å². The quantitative estimate of drug-likeness (QED) is 0.775. The van der Waals surface area contributed by atoms with E-state index in [-0.39, 0.29) is 5.54 Å². The van der Waals surface area contributed by atoms with Crippen LogP contribution in [0.3, 0.4) is 0 Å². The van der Waals surface area contributed by atoms with Gasteiger partial charge in [-0.1, -0.05) is 12.8 Å². The van der Waals surface area contributed by atoms with Crippen molar-refractivity contribution in [2.75, 3.05) is 6.54 Å². The Hall–Kier alpha value is -0.450. The lowest BCUT2D eigenvalue weighted by Gasteiger charge is -2.23. The highest BCUT2D eigenvalue weighted by molar-refractivity contribution is 7.11. The Bertz CT molecular complexity index is 329. The Labute approximate surface area is 101 Å². The van der Waals surface area contributed by atoms with Gasteiger partial charge in [-0.3, -0.25) is 0 Å². The third kappa shape index (κ3) is 3.27. The molecule has 1 aliphatic carbocycles. The predicted molar refractivity (Wildman–Crippen MR) is 68.6 cm³/mol. The summed E-state index contributed by atoms with van der Waals surface area (Å²) in [4.78, 5) is 5.61. The number of rotatable bonds is 5. The standard InChI is InChI=1S/C12H21N3S/c1-10-8-15-11(16-10)9-14-7-6-12(13)4-2-3-5-12/h8,14H,2-7,9,13H2,1H3. The van der Waals surface area contributed by atoms with E-state index in [2.05, 4.69) is 17.2 Å². The molecule has 3 nitrogen and oxygen atoms in total. The van der Waals surface area contributed by atoms with E-state index in [0.29, 0.717) is 0 Å². The Morgan fingerprint density at radius 2 is 2.25 bits per heavy atom. The molecule has 3 N–H and O–H groups in total. The van der Waals surface area contributed by atoms with Crippen LogP contribution in [0.1, 0.15) is 42.0 Å². The van der Waals surface area contributed by atoms with E-state index in [1.165, 1.54) is 35.6 Å². The lowest BCUT2D eigenvalue weighted by Crippen LogP contribution is -2.39. The summed E-state index contributed by atoms with van der Waals surface area (Å²) < 4.78 is 0. The maximum atomic E-state index is 6.29. The highest BCUT2D eigenvalue weighted by Gasteiger charge is 2.28. The first-order chi connectivity index (χ1) is 7.68. The Morgan fingerprint density at radius 3 is 2.88 bits per heavy atom. The van der Waals surface area contributed by atoms with Gasteiger partial charge in [0, 0.05) is 23.2 Å². The van der Waals surface area contributed by atoms with Crippen molar-refractivity contribution in [3.8, 4) is 0 Å². The van der Waals surface area contributed by atoms with Crippen molar-refractivity contribution < 1.29 is 0 Å². The highest BCUT2D eigenvalue weighted by atomic mass is 32.1. The van der Waals surface area contributed by atoms with Gasteiger partial charge in [-0.15, -0.1) is 11.3 Å². The predicted octanol–water partition coefficient (Wildman–Crippen LogP) is 2.20. The lowest BCUT2D eigenvalue weighted by atomic mass is 9.95. The van der Waals surface area contributed by atoms with Crippen molar-refractivity contribution in [1.29, 1.82) is 0 Å². The summed E-state index contributed by atoms with van der Waals surface area (Å²) in [5.74, 6) is 0. The third-order valence-electron chi connectivity index (χ3n) is 3.34. The fourth-order valence-electron chi connectivity index (χ4n) is 2.34. The number of nitrogens with zero attached hydrogens (tertiary/aromatic N) is 1. The van der Waals surface area contributed by atoms with Crippen molar-refractivity contribution in [1.82, 2.24) is 10.3 Å². The van der Waals surface area contributed by atoms with Gasteiger partial charge in [-0.25, -0.2) is 4.98 Å². The molecule has 0 spiro atoms. The SMILES string of the molecule is Cc1cnc(CNCCC2(N)CCCC2)s1. The maximum absolute atomic E-state index is 6.29. The molecule has 2 rings (SSSR count). The van der Waals surface area contributed by atoms with Gasteiger partial charge >= 0.3 is 0 Å². The first-order valence-electron chi connectivity index (χ1n) is 6.09. The molecule has 16 heavy (non-hydrogen) atoms. The molecule has 0 atom stereocenters. The van der Waals surface area contributed by atoms with Crippen LogP contribution < -0.4 is 11.1 Å². The minimum Gasteiger partial charge on any atom is -0.325 e. The summed E-state index contributed by atoms with van der Waals surface area (Å²) in [5, 5.41) is 4.61. The zero-order valence-corrected chi connectivity index (χ0v) is 10.8. The fraction of sp³-hybridized carbons (Fsp3) is 0.750. The first-order valence-corrected chi connectivity index (χ1v) is 6.91. The lowest BCUT2D eigenvalue weighted by molar-refractivity contribution is 0.393. The number of aromatic nitrogens is 1. The van der Waals surface area contributed by atoms with Crippen LogP contribution >= 0.6 is 11.3 Å².